The Hall–Kier alpha value is -4.38. The monoisotopic (exact) mass is 646 g/mol. The molecule has 0 aromatic heterocycles. The molecule has 1 heterocycles. The fourth-order valence-corrected chi connectivity index (χ4v) is 7.88. The van der Waals surface area contributed by atoms with Gasteiger partial charge in [0.25, 0.3) is 10.0 Å². The van der Waals surface area contributed by atoms with E-state index in [1.54, 1.807) is 13.8 Å². The predicted octanol–water partition coefficient (Wildman–Crippen LogP) is 5.20. The Balaban J connectivity index is 1.08. The minimum Gasteiger partial charge on any atom is -0.487 e. The molecule has 0 fully saturated rings. The van der Waals surface area contributed by atoms with Crippen LogP contribution < -0.4 is 20.5 Å². The van der Waals surface area contributed by atoms with Crippen LogP contribution in [0.2, 0.25) is 0 Å². The third-order valence-corrected chi connectivity index (χ3v) is 10.5. The summed E-state index contributed by atoms with van der Waals surface area (Å²) in [5.74, 6) is 0.226. The lowest BCUT2D eigenvalue weighted by Gasteiger charge is -2.35. The molecule has 0 radical (unpaired) electrons. The largest absolute Gasteiger partial charge is 0.487 e. The highest BCUT2D eigenvalue weighted by atomic mass is 32.2. The number of guanidine groups is 1. The molecule has 1 aliphatic heterocycles. The van der Waals surface area contributed by atoms with Gasteiger partial charge in [-0.15, -0.1) is 0 Å². The number of carbonyl (C=O) groups excluding carboxylic acids is 2. The van der Waals surface area contributed by atoms with Crippen LogP contribution in [-0.4, -0.2) is 51.6 Å². The lowest BCUT2D eigenvalue weighted by molar-refractivity contribution is -0.118. The zero-order chi connectivity index (χ0) is 33.2. The zero-order valence-corrected chi connectivity index (χ0v) is 27.8. The number of nitrogens with zero attached hydrogens (tertiary/aromatic N) is 1. The summed E-state index contributed by atoms with van der Waals surface area (Å²) in [7, 11) is -4.01. The van der Waals surface area contributed by atoms with Crippen molar-refractivity contribution in [3.05, 3.63) is 81.9 Å². The molecule has 0 unspecified atom stereocenters. The first-order valence-electron chi connectivity index (χ1n) is 15.5. The molecule has 10 nitrogen and oxygen atoms in total. The summed E-state index contributed by atoms with van der Waals surface area (Å²) in [6.45, 7) is 9.58. The van der Waals surface area contributed by atoms with Crippen molar-refractivity contribution in [1.29, 1.82) is 0 Å². The minimum atomic E-state index is -4.01. The second-order valence-electron chi connectivity index (χ2n) is 12.6. The van der Waals surface area contributed by atoms with E-state index in [1.165, 1.54) is 0 Å². The smallest absolute Gasteiger partial charge is 0.407 e. The van der Waals surface area contributed by atoms with Gasteiger partial charge in [-0.05, 0) is 98.4 Å². The number of rotatable bonds is 10. The second kappa shape index (κ2) is 13.2. The number of carbonyl (C=O) groups is 2. The van der Waals surface area contributed by atoms with Gasteiger partial charge in [0.15, 0.2) is 5.78 Å². The predicted molar refractivity (Wildman–Crippen MR) is 178 cm³/mol. The number of nitrogens with one attached hydrogen (secondary N) is 2. The number of sulfonamides is 1. The first-order chi connectivity index (χ1) is 21.8. The van der Waals surface area contributed by atoms with E-state index in [4.69, 9.17) is 15.2 Å². The summed E-state index contributed by atoms with van der Waals surface area (Å²) in [6.07, 6.45) is 1.29. The number of benzene rings is 3. The molecule has 3 aromatic carbocycles. The molecule has 2 aliphatic rings. The molecular formula is C35H42N4O6S. The molecule has 0 saturated carbocycles. The van der Waals surface area contributed by atoms with Gasteiger partial charge in [0, 0.05) is 18.9 Å². The normalized spacial score (nSPS) is 15.3. The van der Waals surface area contributed by atoms with Crippen LogP contribution in [0.1, 0.15) is 72.4 Å². The van der Waals surface area contributed by atoms with Crippen LogP contribution in [0.15, 0.2) is 58.4 Å². The van der Waals surface area contributed by atoms with Crippen LogP contribution >= 0.6 is 0 Å². The standard InChI is InChI=1S/C35H42N4O6S/c1-21-22(2)32(23(3)25-16-17-35(4,5)45-31(21)25)46(42,43)39-33(36)37-18-10-11-24(40)19-38-34(41)44-20-30-28-14-8-6-12-26(28)27-13-7-9-15-29(27)30/h6-9,12-15,30H,10-11,16-20H2,1-5H3,(H,38,41)(H3,36,37,39). The summed E-state index contributed by atoms with van der Waals surface area (Å²) in [5.41, 5.74) is 13.0. The highest BCUT2D eigenvalue weighted by Gasteiger charge is 2.34. The third kappa shape index (κ3) is 6.89. The van der Waals surface area contributed by atoms with Crippen molar-refractivity contribution in [2.75, 3.05) is 19.7 Å². The van der Waals surface area contributed by atoms with Crippen LogP contribution in [0.5, 0.6) is 5.75 Å². The average molecular weight is 647 g/mol. The highest BCUT2D eigenvalue weighted by molar-refractivity contribution is 7.90. The molecule has 1 amide bonds. The van der Waals surface area contributed by atoms with Crippen molar-refractivity contribution in [3.63, 3.8) is 0 Å². The quantitative estimate of drug-likeness (QED) is 0.156. The number of hydrogen-bond acceptors (Lipinski definition) is 7. The van der Waals surface area contributed by atoms with Crippen molar-refractivity contribution in [2.24, 2.45) is 10.7 Å². The summed E-state index contributed by atoms with van der Waals surface area (Å²) in [5, 5.41) is 2.52. The number of amides is 1. The number of ketones is 1. The van der Waals surface area contributed by atoms with E-state index < -0.39 is 16.1 Å². The van der Waals surface area contributed by atoms with Gasteiger partial charge in [-0.3, -0.25) is 9.79 Å². The maximum absolute atomic E-state index is 13.4. The highest BCUT2D eigenvalue weighted by Crippen LogP contribution is 2.45. The van der Waals surface area contributed by atoms with Crippen LogP contribution in [0.25, 0.3) is 11.1 Å². The first-order valence-corrected chi connectivity index (χ1v) is 17.0. The molecule has 3 aromatic rings. The number of hydrogen-bond donors (Lipinski definition) is 3. The van der Waals surface area contributed by atoms with Crippen LogP contribution in [0, 0.1) is 20.8 Å². The number of nitrogens with two attached hydrogens (primary N) is 1. The molecule has 0 atom stereocenters. The third-order valence-electron chi connectivity index (χ3n) is 8.84. The lowest BCUT2D eigenvalue weighted by atomic mass is 9.88. The van der Waals surface area contributed by atoms with Gasteiger partial charge < -0.3 is 20.5 Å². The van der Waals surface area contributed by atoms with E-state index in [2.05, 4.69) is 27.2 Å². The molecular weight excluding hydrogens is 604 g/mol. The fraction of sp³-hybridized carbons (Fsp3) is 0.400. The van der Waals surface area contributed by atoms with Gasteiger partial charge in [0.2, 0.25) is 5.96 Å². The molecule has 0 bridgehead atoms. The molecule has 244 valence electrons. The van der Waals surface area contributed by atoms with Crippen LogP contribution in [-0.2, 0) is 26.0 Å². The SMILES string of the molecule is Cc1c(C)c(S(=O)(=O)NC(N)=NCCCC(=O)CNC(=O)OCC2c3ccccc3-c3ccccc32)c(C)c2c1OC(C)(C)CC2. The number of alkyl carbamates (subject to hydrolysis) is 1. The lowest BCUT2D eigenvalue weighted by Crippen LogP contribution is -2.38. The van der Waals surface area contributed by atoms with E-state index in [0.29, 0.717) is 24.0 Å². The Morgan fingerprint density at radius 1 is 1.00 bits per heavy atom. The molecule has 0 spiro atoms. The van der Waals surface area contributed by atoms with Gasteiger partial charge in [0.05, 0.1) is 11.4 Å². The Kier molecular flexibility index (Phi) is 9.44. The van der Waals surface area contributed by atoms with E-state index in [-0.39, 0.29) is 54.3 Å². The van der Waals surface area contributed by atoms with Gasteiger partial charge in [-0.2, -0.15) is 0 Å². The van der Waals surface area contributed by atoms with Crippen LogP contribution in [0.3, 0.4) is 0 Å². The molecule has 0 saturated heterocycles. The Morgan fingerprint density at radius 3 is 2.28 bits per heavy atom. The fourth-order valence-electron chi connectivity index (χ4n) is 6.36. The zero-order valence-electron chi connectivity index (χ0n) is 27.0. The van der Waals surface area contributed by atoms with Gasteiger partial charge >= 0.3 is 6.09 Å². The van der Waals surface area contributed by atoms with Crippen molar-refractivity contribution in [2.45, 2.75) is 76.7 Å². The number of ether oxygens (including phenoxy) is 2. The van der Waals surface area contributed by atoms with Crippen molar-refractivity contribution in [1.82, 2.24) is 10.0 Å². The Labute approximate surface area is 270 Å². The molecule has 4 N–H and O–H groups in total. The average Bonchev–Trinajstić information content (AvgIpc) is 3.32. The topological polar surface area (TPSA) is 149 Å². The summed E-state index contributed by atoms with van der Waals surface area (Å²) >= 11 is 0. The van der Waals surface area contributed by atoms with Gasteiger partial charge in [-0.1, -0.05) is 48.5 Å². The molecule has 46 heavy (non-hydrogen) atoms. The van der Waals surface area contributed by atoms with Gasteiger partial charge in [0.1, 0.15) is 18.0 Å². The molecule has 1 aliphatic carbocycles. The Bertz CT molecular complexity index is 1770. The van der Waals surface area contributed by atoms with Gasteiger partial charge in [-0.25, -0.2) is 17.9 Å². The summed E-state index contributed by atoms with van der Waals surface area (Å²) < 4.78 is 40.8. The summed E-state index contributed by atoms with van der Waals surface area (Å²) in [6, 6.07) is 16.1. The van der Waals surface area contributed by atoms with Crippen molar-refractivity contribution < 1.29 is 27.5 Å². The first kappa shape index (κ1) is 33.0. The van der Waals surface area contributed by atoms with Crippen LogP contribution in [0.4, 0.5) is 4.79 Å². The maximum Gasteiger partial charge on any atom is 0.407 e. The van der Waals surface area contributed by atoms with Crippen molar-refractivity contribution >= 4 is 27.9 Å². The minimum absolute atomic E-state index is 0.0693. The number of Topliss-reactive ketones (excluding diaryl/α,β-unsaturated/α-hetero) is 1. The number of aliphatic imine (C=N–C) groups is 1. The maximum atomic E-state index is 13.4. The van der Waals surface area contributed by atoms with E-state index >= 15 is 0 Å². The number of fused-ring (bicyclic) bond motifs is 4. The van der Waals surface area contributed by atoms with Crippen molar-refractivity contribution in [3.8, 4) is 16.9 Å². The molecule has 11 heteroatoms. The summed E-state index contributed by atoms with van der Waals surface area (Å²) in [4.78, 5) is 29.1. The Morgan fingerprint density at radius 2 is 1.63 bits per heavy atom. The van der Waals surface area contributed by atoms with E-state index in [1.807, 2.05) is 57.2 Å². The second-order valence-corrected chi connectivity index (χ2v) is 14.2. The van der Waals surface area contributed by atoms with E-state index in [9.17, 15) is 18.0 Å². The molecule has 5 rings (SSSR count). The van der Waals surface area contributed by atoms with E-state index in [0.717, 1.165) is 45.6 Å².